The number of nitrogens with zero attached hydrogens (tertiary/aromatic N) is 3. The summed E-state index contributed by atoms with van der Waals surface area (Å²) in [6.45, 7) is 6.67. The molecule has 37 heavy (non-hydrogen) atoms. The highest BCUT2D eigenvalue weighted by molar-refractivity contribution is 6.14. The van der Waals surface area contributed by atoms with Crippen LogP contribution in [-0.4, -0.2) is 27.0 Å². The van der Waals surface area contributed by atoms with E-state index in [1.165, 1.54) is 9.47 Å². The van der Waals surface area contributed by atoms with Crippen LogP contribution in [0.3, 0.4) is 0 Å². The first-order chi connectivity index (χ1) is 17.8. The highest BCUT2D eigenvalue weighted by Gasteiger charge is 2.27. The zero-order valence-corrected chi connectivity index (χ0v) is 21.6. The van der Waals surface area contributed by atoms with Crippen LogP contribution in [0.4, 0.5) is 11.5 Å². The normalized spacial score (nSPS) is 11.1. The number of aryl methyl sites for hydroxylation is 1. The van der Waals surface area contributed by atoms with E-state index in [2.05, 4.69) is 4.98 Å². The summed E-state index contributed by atoms with van der Waals surface area (Å²) < 4.78 is 1.34. The van der Waals surface area contributed by atoms with Crippen molar-refractivity contribution < 1.29 is 4.79 Å². The Hall–Kier alpha value is -4.20. The molecule has 2 aromatic carbocycles. The summed E-state index contributed by atoms with van der Waals surface area (Å²) in [5.74, 6) is -0.359. The van der Waals surface area contributed by atoms with E-state index in [1.54, 1.807) is 6.07 Å². The van der Waals surface area contributed by atoms with Gasteiger partial charge in [0, 0.05) is 24.0 Å². The van der Waals surface area contributed by atoms with Gasteiger partial charge >= 0.3 is 5.69 Å². The second kappa shape index (κ2) is 11.2. The van der Waals surface area contributed by atoms with Gasteiger partial charge in [0.1, 0.15) is 5.82 Å². The van der Waals surface area contributed by atoms with Gasteiger partial charge in [0.25, 0.3) is 11.5 Å². The first-order valence-electron chi connectivity index (χ1n) is 12.8. The molecule has 4 aromatic rings. The Balaban J connectivity index is 1.91. The molecule has 0 radical (unpaired) electrons. The minimum Gasteiger partial charge on any atom is -0.383 e. The molecule has 0 fully saturated rings. The van der Waals surface area contributed by atoms with E-state index in [0.29, 0.717) is 41.5 Å². The number of carbonyl (C=O) groups is 1. The Morgan fingerprint density at radius 3 is 2.43 bits per heavy atom. The Morgan fingerprint density at radius 1 is 1.03 bits per heavy atom. The second-order valence-electron chi connectivity index (χ2n) is 9.25. The highest BCUT2D eigenvalue weighted by atomic mass is 16.2. The number of para-hydroxylation sites is 1. The van der Waals surface area contributed by atoms with E-state index in [0.717, 1.165) is 24.0 Å². The van der Waals surface area contributed by atoms with Crippen molar-refractivity contribution in [2.24, 2.45) is 0 Å². The number of aromatic nitrogens is 3. The maximum atomic E-state index is 14.2. The fourth-order valence-corrected chi connectivity index (χ4v) is 4.38. The molecule has 192 valence electrons. The summed E-state index contributed by atoms with van der Waals surface area (Å²) in [7, 11) is 0. The topological polar surface area (TPSA) is 114 Å². The van der Waals surface area contributed by atoms with Crippen LogP contribution < -0.4 is 21.9 Å². The van der Waals surface area contributed by atoms with Crippen LogP contribution in [0, 0.1) is 6.92 Å². The Morgan fingerprint density at radius 2 is 1.73 bits per heavy atom. The molecule has 8 nitrogen and oxygen atoms in total. The zero-order valence-electron chi connectivity index (χ0n) is 21.6. The average molecular weight is 500 g/mol. The fourth-order valence-electron chi connectivity index (χ4n) is 4.38. The van der Waals surface area contributed by atoms with Crippen LogP contribution in [0.5, 0.6) is 0 Å². The molecule has 0 bridgehead atoms. The van der Waals surface area contributed by atoms with Gasteiger partial charge in [0.2, 0.25) is 0 Å². The smallest absolute Gasteiger partial charge is 0.330 e. The molecule has 0 saturated carbocycles. The summed E-state index contributed by atoms with van der Waals surface area (Å²) in [6.07, 6.45) is 3.03. The molecule has 8 heteroatoms. The number of fused-ring (bicyclic) bond motifs is 1. The lowest BCUT2D eigenvalue weighted by Crippen LogP contribution is -2.41. The fraction of sp³-hybridized carbons (Fsp3) is 0.310. The summed E-state index contributed by atoms with van der Waals surface area (Å²) in [5, 5.41) is 0.680. The van der Waals surface area contributed by atoms with E-state index < -0.39 is 11.2 Å². The number of anilines is 2. The van der Waals surface area contributed by atoms with Crippen molar-refractivity contribution in [2.75, 3.05) is 17.2 Å². The molecule has 0 aliphatic carbocycles. The number of aromatic amines is 1. The number of carbonyl (C=O) groups excluding carboxylic acids is 1. The lowest BCUT2D eigenvalue weighted by atomic mass is 10.0. The standard InChI is InChI=1S/C29H33N5O3/c1-4-6-16-33(25-26(30)34(17-7-5-2)29(37)32-27(25)35)28(36)22-18-24(20-14-12-19(3)13-15-20)31-23-11-9-8-10-21(22)23/h8-15,18H,4-7,16-17,30H2,1-3H3,(H,32,35,37). The predicted octanol–water partition coefficient (Wildman–Crippen LogP) is 4.89. The number of nitrogens with one attached hydrogen (secondary N) is 1. The first-order valence-corrected chi connectivity index (χ1v) is 12.8. The van der Waals surface area contributed by atoms with Crippen LogP contribution >= 0.6 is 0 Å². The van der Waals surface area contributed by atoms with Crippen molar-refractivity contribution in [2.45, 2.75) is 53.0 Å². The van der Waals surface area contributed by atoms with Crippen LogP contribution in [0.15, 0.2) is 64.2 Å². The van der Waals surface area contributed by atoms with E-state index in [9.17, 15) is 14.4 Å². The SMILES string of the molecule is CCCCN(C(=O)c1cc(-c2ccc(C)cc2)nc2ccccc12)c1c(N)n(CCCC)c(=O)[nH]c1=O. The van der Waals surface area contributed by atoms with E-state index in [-0.39, 0.29) is 24.0 Å². The molecule has 2 heterocycles. The van der Waals surface area contributed by atoms with Gasteiger partial charge in [0.15, 0.2) is 5.69 Å². The molecule has 0 atom stereocenters. The zero-order chi connectivity index (χ0) is 26.5. The third kappa shape index (κ3) is 5.33. The second-order valence-corrected chi connectivity index (χ2v) is 9.25. The van der Waals surface area contributed by atoms with Crippen molar-refractivity contribution in [3.8, 4) is 11.3 Å². The number of pyridine rings is 1. The summed E-state index contributed by atoms with van der Waals surface area (Å²) in [6, 6.07) is 17.2. The van der Waals surface area contributed by atoms with Crippen LogP contribution in [0.1, 0.15) is 55.5 Å². The Kier molecular flexibility index (Phi) is 7.86. The monoisotopic (exact) mass is 499 g/mol. The largest absolute Gasteiger partial charge is 0.383 e. The van der Waals surface area contributed by atoms with Crippen molar-refractivity contribution in [3.63, 3.8) is 0 Å². The number of H-pyrrole nitrogens is 1. The molecule has 4 rings (SSSR count). The molecule has 2 aromatic heterocycles. The van der Waals surface area contributed by atoms with Gasteiger partial charge in [-0.1, -0.05) is 74.7 Å². The number of nitrogens with two attached hydrogens (primary N) is 1. The number of hydrogen-bond donors (Lipinski definition) is 2. The third-order valence-electron chi connectivity index (χ3n) is 6.49. The van der Waals surface area contributed by atoms with Gasteiger partial charge in [-0.15, -0.1) is 0 Å². The minimum atomic E-state index is -0.670. The molecule has 1 amide bonds. The van der Waals surface area contributed by atoms with Crippen LogP contribution in [0.25, 0.3) is 22.2 Å². The van der Waals surface area contributed by atoms with Gasteiger partial charge in [-0.25, -0.2) is 9.78 Å². The first kappa shape index (κ1) is 25.9. The third-order valence-corrected chi connectivity index (χ3v) is 6.49. The maximum absolute atomic E-state index is 14.2. The van der Waals surface area contributed by atoms with Gasteiger partial charge in [-0.3, -0.25) is 19.1 Å². The van der Waals surface area contributed by atoms with E-state index in [1.807, 2.05) is 69.3 Å². The predicted molar refractivity (Wildman–Crippen MR) is 149 cm³/mol. The van der Waals surface area contributed by atoms with Crippen LogP contribution in [-0.2, 0) is 6.54 Å². The lowest BCUT2D eigenvalue weighted by molar-refractivity contribution is 0.0987. The Bertz CT molecular complexity index is 1540. The van der Waals surface area contributed by atoms with Crippen molar-refractivity contribution in [1.29, 1.82) is 0 Å². The summed E-state index contributed by atoms with van der Waals surface area (Å²) >= 11 is 0. The van der Waals surface area contributed by atoms with Gasteiger partial charge in [-0.2, -0.15) is 0 Å². The summed E-state index contributed by atoms with van der Waals surface area (Å²) in [4.78, 5) is 48.4. The maximum Gasteiger partial charge on any atom is 0.330 e. The lowest BCUT2D eigenvalue weighted by Gasteiger charge is -2.25. The molecule has 0 aliphatic rings. The van der Waals surface area contributed by atoms with Gasteiger partial charge in [-0.05, 0) is 31.9 Å². The molecular weight excluding hydrogens is 466 g/mol. The molecule has 3 N–H and O–H groups in total. The molecule has 0 unspecified atom stereocenters. The quantitative estimate of drug-likeness (QED) is 0.340. The number of hydrogen-bond acceptors (Lipinski definition) is 5. The van der Waals surface area contributed by atoms with Crippen molar-refractivity contribution in [3.05, 3.63) is 86.6 Å². The molecule has 0 saturated heterocycles. The number of amides is 1. The number of nitrogen functional groups attached to an aromatic ring is 1. The average Bonchev–Trinajstić information content (AvgIpc) is 2.89. The molecular formula is C29H33N5O3. The Labute approximate surface area is 215 Å². The minimum absolute atomic E-state index is 0.00349. The number of rotatable bonds is 9. The molecule has 0 spiro atoms. The summed E-state index contributed by atoms with van der Waals surface area (Å²) in [5.41, 5.74) is 8.93. The van der Waals surface area contributed by atoms with E-state index in [4.69, 9.17) is 10.7 Å². The molecule has 0 aliphatic heterocycles. The highest BCUT2D eigenvalue weighted by Crippen LogP contribution is 2.28. The van der Waals surface area contributed by atoms with Gasteiger partial charge in [0.05, 0.1) is 16.8 Å². The number of unbranched alkanes of at least 4 members (excludes halogenated alkanes) is 2. The van der Waals surface area contributed by atoms with Crippen molar-refractivity contribution in [1.82, 2.24) is 14.5 Å². The van der Waals surface area contributed by atoms with Gasteiger partial charge < -0.3 is 10.6 Å². The number of benzene rings is 2. The van der Waals surface area contributed by atoms with Crippen LogP contribution in [0.2, 0.25) is 0 Å². The van der Waals surface area contributed by atoms with E-state index >= 15 is 0 Å². The van der Waals surface area contributed by atoms with Crippen molar-refractivity contribution >= 4 is 28.3 Å².